The Bertz CT molecular complexity index is 574. The minimum Gasteiger partial charge on any atom is -0.480 e. The van der Waals surface area contributed by atoms with Gasteiger partial charge in [0.05, 0.1) is 6.04 Å². The van der Waals surface area contributed by atoms with Gasteiger partial charge in [0, 0.05) is 0 Å². The number of carboxylic acids is 2. The topological polar surface area (TPSA) is 121 Å². The van der Waals surface area contributed by atoms with Crippen molar-refractivity contribution in [1.29, 1.82) is 0 Å². The van der Waals surface area contributed by atoms with E-state index in [0.29, 0.717) is 0 Å². The number of nitrogens with two attached hydrogens (primary N) is 1. The quantitative estimate of drug-likeness (QED) is 0.618. The zero-order valence-electron chi connectivity index (χ0n) is 13.9. The molecule has 0 aromatic heterocycles. The summed E-state index contributed by atoms with van der Waals surface area (Å²) < 4.78 is 0. The minimum absolute atomic E-state index is 0.0134. The Kier molecular flexibility index (Phi) is 7.38. The zero-order chi connectivity index (χ0) is 18.3. The first-order valence-electron chi connectivity index (χ1n) is 7.77. The van der Waals surface area contributed by atoms with Gasteiger partial charge < -0.3 is 20.8 Å². The lowest BCUT2D eigenvalue weighted by molar-refractivity contribution is -0.155. The molecular formula is C17H24N2O5. The SMILES string of the molecule is CC(C)C[C@@H](C(=O)O)N(CC(=O)O)C(=O)[C@@H](N)Cc1ccccc1. The Morgan fingerprint density at radius 3 is 2.17 bits per heavy atom. The van der Waals surface area contributed by atoms with Gasteiger partial charge >= 0.3 is 11.9 Å². The lowest BCUT2D eigenvalue weighted by atomic mass is 10.00. The van der Waals surface area contributed by atoms with Crippen LogP contribution in [0.3, 0.4) is 0 Å². The van der Waals surface area contributed by atoms with Crippen LogP contribution in [0.2, 0.25) is 0 Å². The van der Waals surface area contributed by atoms with E-state index in [2.05, 4.69) is 0 Å². The van der Waals surface area contributed by atoms with Crippen molar-refractivity contribution in [3.63, 3.8) is 0 Å². The third kappa shape index (κ3) is 6.00. The van der Waals surface area contributed by atoms with Crippen molar-refractivity contribution >= 4 is 17.8 Å². The molecule has 0 aliphatic rings. The number of amides is 1. The van der Waals surface area contributed by atoms with E-state index in [1.807, 2.05) is 19.9 Å². The lowest BCUT2D eigenvalue weighted by Gasteiger charge is -2.30. The van der Waals surface area contributed by atoms with E-state index in [4.69, 9.17) is 10.8 Å². The van der Waals surface area contributed by atoms with E-state index >= 15 is 0 Å². The largest absolute Gasteiger partial charge is 0.480 e. The van der Waals surface area contributed by atoms with Gasteiger partial charge in [-0.3, -0.25) is 9.59 Å². The molecule has 24 heavy (non-hydrogen) atoms. The minimum atomic E-state index is -1.27. The second kappa shape index (κ2) is 9.02. The van der Waals surface area contributed by atoms with E-state index in [1.54, 1.807) is 24.3 Å². The van der Waals surface area contributed by atoms with Gasteiger partial charge in [-0.05, 0) is 24.3 Å². The average Bonchev–Trinajstić information content (AvgIpc) is 2.50. The number of hydrogen-bond donors (Lipinski definition) is 3. The van der Waals surface area contributed by atoms with Gasteiger partial charge in [0.15, 0.2) is 0 Å². The molecule has 7 heteroatoms. The first kappa shape index (κ1) is 19.6. The van der Waals surface area contributed by atoms with Gasteiger partial charge in [-0.25, -0.2) is 4.79 Å². The molecule has 132 valence electrons. The van der Waals surface area contributed by atoms with Gasteiger partial charge in [-0.15, -0.1) is 0 Å². The smallest absolute Gasteiger partial charge is 0.326 e. The van der Waals surface area contributed by atoms with Gasteiger partial charge in [0.1, 0.15) is 12.6 Å². The monoisotopic (exact) mass is 336 g/mol. The molecule has 0 aliphatic carbocycles. The first-order valence-corrected chi connectivity index (χ1v) is 7.77. The molecule has 2 atom stereocenters. The molecule has 1 rings (SSSR count). The van der Waals surface area contributed by atoms with Gasteiger partial charge in [-0.2, -0.15) is 0 Å². The number of carbonyl (C=O) groups is 3. The van der Waals surface area contributed by atoms with Crippen molar-refractivity contribution in [1.82, 2.24) is 4.90 Å². The maximum absolute atomic E-state index is 12.6. The lowest BCUT2D eigenvalue weighted by Crippen LogP contribution is -2.54. The van der Waals surface area contributed by atoms with Gasteiger partial charge in [0.25, 0.3) is 0 Å². The van der Waals surface area contributed by atoms with Crippen LogP contribution in [-0.4, -0.2) is 51.6 Å². The summed E-state index contributed by atoms with van der Waals surface area (Å²) in [6.07, 6.45) is 0.371. The molecule has 0 unspecified atom stereocenters. The van der Waals surface area contributed by atoms with Crippen molar-refractivity contribution in [3.05, 3.63) is 35.9 Å². The second-order valence-electron chi connectivity index (χ2n) is 6.14. The van der Waals surface area contributed by atoms with Crippen LogP contribution in [0.15, 0.2) is 30.3 Å². The summed E-state index contributed by atoms with van der Waals surface area (Å²) in [6, 6.07) is 6.84. The Labute approximate surface area is 141 Å². The van der Waals surface area contributed by atoms with E-state index in [-0.39, 0.29) is 18.8 Å². The summed E-state index contributed by atoms with van der Waals surface area (Å²) in [4.78, 5) is 36.0. The molecule has 1 aromatic carbocycles. The zero-order valence-corrected chi connectivity index (χ0v) is 13.9. The van der Waals surface area contributed by atoms with Gasteiger partial charge in [0.2, 0.25) is 5.91 Å². The molecule has 0 aliphatic heterocycles. The van der Waals surface area contributed by atoms with Crippen molar-refractivity contribution in [2.75, 3.05) is 6.54 Å². The summed E-state index contributed by atoms with van der Waals surface area (Å²) >= 11 is 0. The summed E-state index contributed by atoms with van der Waals surface area (Å²) in [5, 5.41) is 18.4. The molecule has 0 bridgehead atoms. The highest BCUT2D eigenvalue weighted by atomic mass is 16.4. The molecule has 7 nitrogen and oxygen atoms in total. The summed E-state index contributed by atoms with van der Waals surface area (Å²) in [5.41, 5.74) is 6.74. The van der Waals surface area contributed by atoms with Crippen molar-refractivity contribution < 1.29 is 24.6 Å². The fraction of sp³-hybridized carbons (Fsp3) is 0.471. The van der Waals surface area contributed by atoms with E-state index in [9.17, 15) is 19.5 Å². The van der Waals surface area contributed by atoms with Crippen LogP contribution in [0.25, 0.3) is 0 Å². The van der Waals surface area contributed by atoms with Crippen LogP contribution in [0, 0.1) is 5.92 Å². The van der Waals surface area contributed by atoms with E-state index in [0.717, 1.165) is 10.5 Å². The highest BCUT2D eigenvalue weighted by Crippen LogP contribution is 2.14. The predicted octanol–water partition coefficient (Wildman–Crippen LogP) is 0.969. The molecule has 4 N–H and O–H groups in total. The Balaban J connectivity index is 2.97. The number of nitrogens with zero attached hydrogens (tertiary/aromatic N) is 1. The molecule has 0 saturated carbocycles. The fourth-order valence-electron chi connectivity index (χ4n) is 2.46. The fourth-order valence-corrected chi connectivity index (χ4v) is 2.46. The number of carboxylic acid groups (broad SMARTS) is 2. The highest BCUT2D eigenvalue weighted by Gasteiger charge is 2.34. The third-order valence-corrected chi connectivity index (χ3v) is 3.56. The van der Waals surface area contributed by atoms with Crippen molar-refractivity contribution in [3.8, 4) is 0 Å². The van der Waals surface area contributed by atoms with E-state index in [1.165, 1.54) is 0 Å². The number of carbonyl (C=O) groups excluding carboxylic acids is 1. The molecule has 0 radical (unpaired) electrons. The van der Waals surface area contributed by atoms with Crippen molar-refractivity contribution in [2.24, 2.45) is 11.7 Å². The number of benzene rings is 1. The molecule has 0 spiro atoms. The van der Waals surface area contributed by atoms with Crippen LogP contribution in [0.1, 0.15) is 25.8 Å². The third-order valence-electron chi connectivity index (χ3n) is 3.56. The standard InChI is InChI=1S/C17H24N2O5/c1-11(2)8-14(17(23)24)19(10-15(20)21)16(22)13(18)9-12-6-4-3-5-7-12/h3-7,11,13-14H,8-10,18H2,1-2H3,(H,20,21)(H,23,24)/t13-,14-/m0/s1. The number of hydrogen-bond acceptors (Lipinski definition) is 4. The average molecular weight is 336 g/mol. The molecule has 0 saturated heterocycles. The Morgan fingerprint density at radius 1 is 1.12 bits per heavy atom. The van der Waals surface area contributed by atoms with Crippen LogP contribution in [0.5, 0.6) is 0 Å². The van der Waals surface area contributed by atoms with Crippen LogP contribution in [0.4, 0.5) is 0 Å². The molecule has 1 aromatic rings. The van der Waals surface area contributed by atoms with Crippen molar-refractivity contribution in [2.45, 2.75) is 38.8 Å². The van der Waals surface area contributed by atoms with Gasteiger partial charge in [-0.1, -0.05) is 44.2 Å². The highest BCUT2D eigenvalue weighted by molar-refractivity contribution is 5.89. The van der Waals surface area contributed by atoms with Crippen LogP contribution >= 0.6 is 0 Å². The second-order valence-corrected chi connectivity index (χ2v) is 6.14. The normalized spacial score (nSPS) is 13.3. The first-order chi connectivity index (χ1) is 11.2. The maximum atomic E-state index is 12.6. The van der Waals surface area contributed by atoms with Crippen LogP contribution < -0.4 is 5.73 Å². The summed E-state index contributed by atoms with van der Waals surface area (Å²) in [7, 11) is 0. The number of aliphatic carboxylic acids is 2. The summed E-state index contributed by atoms with van der Waals surface area (Å²) in [5.74, 6) is -3.19. The Hall–Kier alpha value is -2.41. The summed E-state index contributed by atoms with van der Waals surface area (Å²) in [6.45, 7) is 2.93. The molecule has 0 fully saturated rings. The predicted molar refractivity (Wildman–Crippen MR) is 88.3 cm³/mol. The molecular weight excluding hydrogens is 312 g/mol. The number of rotatable bonds is 9. The maximum Gasteiger partial charge on any atom is 0.326 e. The Morgan fingerprint density at radius 2 is 1.71 bits per heavy atom. The van der Waals surface area contributed by atoms with Crippen LogP contribution in [-0.2, 0) is 20.8 Å². The molecule has 1 amide bonds. The van der Waals surface area contributed by atoms with E-state index < -0.39 is 36.5 Å². The molecule has 0 heterocycles.